The second-order valence-corrected chi connectivity index (χ2v) is 7.71. The summed E-state index contributed by atoms with van der Waals surface area (Å²) in [6, 6.07) is 4.26. The zero-order chi connectivity index (χ0) is 16.3. The largest absolute Gasteiger partial charge is 0.353 e. The van der Waals surface area contributed by atoms with Crippen molar-refractivity contribution in [2.24, 2.45) is 5.41 Å². The summed E-state index contributed by atoms with van der Waals surface area (Å²) in [5, 5.41) is 0. The minimum Gasteiger partial charge on any atom is -0.353 e. The molecule has 2 heterocycles. The predicted octanol–water partition coefficient (Wildman–Crippen LogP) is 3.29. The number of carbonyl (C=O) groups is 1. The number of nitrogens with zero attached hydrogens (tertiary/aromatic N) is 3. The molecule has 1 aromatic rings. The smallest absolute Gasteiger partial charge is 0.223 e. The Hall–Kier alpha value is -1.58. The molecule has 1 aromatic heterocycles. The molecule has 2 rings (SSSR count). The Morgan fingerprint density at radius 2 is 1.82 bits per heavy atom. The molecule has 0 aromatic carbocycles. The van der Waals surface area contributed by atoms with Crippen LogP contribution in [0.3, 0.4) is 0 Å². The lowest BCUT2D eigenvalue weighted by atomic mass is 9.91. The van der Waals surface area contributed by atoms with Crippen molar-refractivity contribution in [3.63, 3.8) is 0 Å². The Balaban J connectivity index is 1.90. The Labute approximate surface area is 134 Å². The van der Waals surface area contributed by atoms with E-state index in [1.807, 2.05) is 11.1 Å². The molecule has 0 spiro atoms. The van der Waals surface area contributed by atoms with Gasteiger partial charge in [0.2, 0.25) is 5.91 Å². The molecule has 1 amide bonds. The number of amides is 1. The molecule has 122 valence electrons. The Kier molecular flexibility index (Phi) is 5.09. The van der Waals surface area contributed by atoms with Gasteiger partial charge < -0.3 is 9.80 Å². The number of carbonyl (C=O) groups excluding carboxylic acids is 1. The number of anilines is 1. The zero-order valence-electron chi connectivity index (χ0n) is 14.6. The highest BCUT2D eigenvalue weighted by Crippen LogP contribution is 2.22. The number of hydrogen-bond donors (Lipinski definition) is 0. The lowest BCUT2D eigenvalue weighted by Gasteiger charge is -2.36. The zero-order valence-corrected chi connectivity index (χ0v) is 14.6. The normalized spacial score (nSPS) is 16.3. The van der Waals surface area contributed by atoms with Gasteiger partial charge in [-0.25, -0.2) is 4.98 Å². The highest BCUT2D eigenvalue weighted by molar-refractivity contribution is 5.77. The highest BCUT2D eigenvalue weighted by atomic mass is 16.2. The second kappa shape index (κ2) is 6.67. The number of rotatable bonds is 3. The van der Waals surface area contributed by atoms with E-state index < -0.39 is 0 Å². The summed E-state index contributed by atoms with van der Waals surface area (Å²) in [7, 11) is 0. The van der Waals surface area contributed by atoms with Gasteiger partial charge in [0.25, 0.3) is 0 Å². The van der Waals surface area contributed by atoms with Gasteiger partial charge >= 0.3 is 0 Å². The average molecular weight is 303 g/mol. The molecule has 0 unspecified atom stereocenters. The van der Waals surface area contributed by atoms with E-state index >= 15 is 0 Å². The molecule has 1 fully saturated rings. The van der Waals surface area contributed by atoms with Crippen molar-refractivity contribution in [2.75, 3.05) is 31.1 Å². The van der Waals surface area contributed by atoms with Gasteiger partial charge in [0.1, 0.15) is 5.82 Å². The van der Waals surface area contributed by atoms with Crippen molar-refractivity contribution in [1.29, 1.82) is 0 Å². The summed E-state index contributed by atoms with van der Waals surface area (Å²) in [6.45, 7) is 14.0. The van der Waals surface area contributed by atoms with Gasteiger partial charge in [0.05, 0.1) is 0 Å². The monoisotopic (exact) mass is 303 g/mol. The van der Waals surface area contributed by atoms with Crippen molar-refractivity contribution >= 4 is 11.7 Å². The van der Waals surface area contributed by atoms with Crippen LogP contribution in [0.1, 0.15) is 52.5 Å². The molecule has 0 radical (unpaired) electrons. The van der Waals surface area contributed by atoms with Crippen LogP contribution in [0.5, 0.6) is 0 Å². The summed E-state index contributed by atoms with van der Waals surface area (Å²) in [6.07, 6.45) is 2.59. The van der Waals surface area contributed by atoms with Gasteiger partial charge in [0.15, 0.2) is 0 Å². The lowest BCUT2D eigenvalue weighted by molar-refractivity contribution is -0.133. The van der Waals surface area contributed by atoms with Gasteiger partial charge in [-0.2, -0.15) is 0 Å². The van der Waals surface area contributed by atoms with Gasteiger partial charge in [-0.3, -0.25) is 4.79 Å². The van der Waals surface area contributed by atoms with Crippen LogP contribution in [0.25, 0.3) is 0 Å². The van der Waals surface area contributed by atoms with Crippen molar-refractivity contribution in [3.05, 3.63) is 23.9 Å². The summed E-state index contributed by atoms with van der Waals surface area (Å²) in [5.41, 5.74) is 1.32. The number of aromatic nitrogens is 1. The molecule has 1 aliphatic heterocycles. The first-order valence-electron chi connectivity index (χ1n) is 8.25. The molecule has 4 heteroatoms. The van der Waals surface area contributed by atoms with Gasteiger partial charge in [-0.15, -0.1) is 0 Å². The van der Waals surface area contributed by atoms with Crippen LogP contribution in [0.2, 0.25) is 0 Å². The van der Waals surface area contributed by atoms with E-state index in [2.05, 4.69) is 56.6 Å². The summed E-state index contributed by atoms with van der Waals surface area (Å²) in [5.74, 6) is 1.80. The van der Waals surface area contributed by atoms with E-state index in [9.17, 15) is 4.79 Å². The lowest BCUT2D eigenvalue weighted by Crippen LogP contribution is -2.49. The molecule has 0 bridgehead atoms. The molecular formula is C18H29N3O. The molecule has 0 N–H and O–H groups in total. The van der Waals surface area contributed by atoms with Crippen LogP contribution in [-0.2, 0) is 4.79 Å². The summed E-state index contributed by atoms with van der Waals surface area (Å²) < 4.78 is 0. The molecule has 0 atom stereocenters. The molecule has 4 nitrogen and oxygen atoms in total. The summed E-state index contributed by atoms with van der Waals surface area (Å²) in [4.78, 5) is 21.1. The van der Waals surface area contributed by atoms with Crippen molar-refractivity contribution < 1.29 is 4.79 Å². The van der Waals surface area contributed by atoms with Crippen LogP contribution in [0.15, 0.2) is 18.3 Å². The van der Waals surface area contributed by atoms with Crippen LogP contribution in [0, 0.1) is 5.41 Å². The van der Waals surface area contributed by atoms with Gasteiger partial charge in [-0.05, 0) is 23.0 Å². The number of pyridine rings is 1. The quantitative estimate of drug-likeness (QED) is 0.859. The molecule has 0 aliphatic carbocycles. The highest BCUT2D eigenvalue weighted by Gasteiger charge is 2.25. The third-order valence-corrected chi connectivity index (χ3v) is 4.08. The van der Waals surface area contributed by atoms with E-state index in [0.29, 0.717) is 12.3 Å². The minimum absolute atomic E-state index is 0.0580. The fourth-order valence-corrected chi connectivity index (χ4v) is 2.68. The van der Waals surface area contributed by atoms with Crippen molar-refractivity contribution in [2.45, 2.75) is 47.0 Å². The minimum atomic E-state index is 0.0580. The maximum atomic E-state index is 12.3. The van der Waals surface area contributed by atoms with E-state index in [-0.39, 0.29) is 11.3 Å². The van der Waals surface area contributed by atoms with Crippen LogP contribution in [0.4, 0.5) is 5.82 Å². The Bertz CT molecular complexity index is 494. The first-order chi connectivity index (χ1) is 10.3. The Morgan fingerprint density at radius 1 is 1.18 bits per heavy atom. The number of piperazine rings is 1. The van der Waals surface area contributed by atoms with Crippen LogP contribution in [-0.4, -0.2) is 42.0 Å². The third kappa shape index (κ3) is 4.46. The number of hydrogen-bond acceptors (Lipinski definition) is 3. The molecule has 22 heavy (non-hydrogen) atoms. The SMILES string of the molecule is CC(C)c1ccc(N2CCN(C(=O)CC(C)(C)C)CC2)nc1. The maximum Gasteiger partial charge on any atom is 0.223 e. The first kappa shape index (κ1) is 16.8. The van der Waals surface area contributed by atoms with Crippen LogP contribution >= 0.6 is 0 Å². The predicted molar refractivity (Wildman–Crippen MR) is 91.2 cm³/mol. The van der Waals surface area contributed by atoms with Gasteiger partial charge in [0, 0.05) is 38.8 Å². The average Bonchev–Trinajstić information content (AvgIpc) is 2.46. The van der Waals surface area contributed by atoms with Gasteiger partial charge in [-0.1, -0.05) is 40.7 Å². The first-order valence-corrected chi connectivity index (χ1v) is 8.25. The molecule has 1 saturated heterocycles. The van der Waals surface area contributed by atoms with E-state index in [0.717, 1.165) is 32.0 Å². The van der Waals surface area contributed by atoms with E-state index in [1.165, 1.54) is 5.56 Å². The maximum absolute atomic E-state index is 12.3. The molecule has 0 saturated carbocycles. The standard InChI is InChI=1S/C18H29N3O/c1-14(2)15-6-7-16(19-13-15)20-8-10-21(11-9-20)17(22)12-18(3,4)5/h6-7,13-14H,8-12H2,1-5H3. The van der Waals surface area contributed by atoms with Crippen LogP contribution < -0.4 is 4.90 Å². The fourth-order valence-electron chi connectivity index (χ4n) is 2.68. The second-order valence-electron chi connectivity index (χ2n) is 7.71. The fraction of sp³-hybridized carbons (Fsp3) is 0.667. The van der Waals surface area contributed by atoms with Crippen molar-refractivity contribution in [3.8, 4) is 0 Å². The molecular weight excluding hydrogens is 274 g/mol. The van der Waals surface area contributed by atoms with Crippen molar-refractivity contribution in [1.82, 2.24) is 9.88 Å². The third-order valence-electron chi connectivity index (χ3n) is 4.08. The molecule has 1 aliphatic rings. The van der Waals surface area contributed by atoms with E-state index in [1.54, 1.807) is 0 Å². The topological polar surface area (TPSA) is 36.4 Å². The van der Waals surface area contributed by atoms with E-state index in [4.69, 9.17) is 0 Å². The Morgan fingerprint density at radius 3 is 2.27 bits per heavy atom. The summed E-state index contributed by atoms with van der Waals surface area (Å²) >= 11 is 0.